The third-order valence-corrected chi connectivity index (χ3v) is 5.87. The third-order valence-electron chi connectivity index (χ3n) is 5.87. The lowest BCUT2D eigenvalue weighted by molar-refractivity contribution is -0.686. The lowest BCUT2D eigenvalue weighted by Crippen LogP contribution is -2.40. The summed E-state index contributed by atoms with van der Waals surface area (Å²) in [4.78, 5) is 16.8. The Balaban J connectivity index is 1.48. The number of pyridine rings is 2. The van der Waals surface area contributed by atoms with Gasteiger partial charge in [-0.25, -0.2) is 9.78 Å². The molecule has 0 N–H and O–H groups in total. The Kier molecular flexibility index (Phi) is 4.21. The van der Waals surface area contributed by atoms with Gasteiger partial charge in [-0.05, 0) is 47.3 Å². The molecule has 0 spiro atoms. The molecule has 0 fully saturated rings. The van der Waals surface area contributed by atoms with Gasteiger partial charge in [0.05, 0.1) is 18.1 Å². The first-order valence-corrected chi connectivity index (χ1v) is 10.3. The molecule has 0 unspecified atom stereocenters. The number of hydrogen-bond acceptors (Lipinski definition) is 6. The van der Waals surface area contributed by atoms with Crippen LogP contribution in [0.5, 0.6) is 23.0 Å². The molecule has 4 heterocycles. The number of ether oxygens (including phenoxy) is 4. The normalized spacial score (nSPS) is 13.4. The number of rotatable bonds is 3. The Morgan fingerprint density at radius 3 is 2.78 bits per heavy atom. The summed E-state index contributed by atoms with van der Waals surface area (Å²) in [5, 5.41) is 1.73. The zero-order valence-electron chi connectivity index (χ0n) is 17.3. The summed E-state index contributed by atoms with van der Waals surface area (Å²) >= 11 is 0. The van der Waals surface area contributed by atoms with Crippen molar-refractivity contribution in [2.24, 2.45) is 0 Å². The Hall–Kier alpha value is -4.13. The largest absolute Gasteiger partial charge is 0.493 e. The SMILES string of the molecule is COc1ccc2cc3[n+](cc2c1OC(=O)c1ccccn1)CCc1cc2c(cc1-3)OCO2. The summed E-state index contributed by atoms with van der Waals surface area (Å²) in [5.74, 6) is 1.90. The lowest BCUT2D eigenvalue weighted by Gasteiger charge is -2.17. The number of carbonyl (C=O) groups excluding carboxylic acids is 1. The molecule has 2 aromatic carbocycles. The van der Waals surface area contributed by atoms with E-state index in [-0.39, 0.29) is 12.5 Å². The van der Waals surface area contributed by atoms with Gasteiger partial charge in [-0.3, -0.25) is 0 Å². The van der Waals surface area contributed by atoms with Gasteiger partial charge in [0.25, 0.3) is 0 Å². The Morgan fingerprint density at radius 1 is 1.09 bits per heavy atom. The van der Waals surface area contributed by atoms with Crippen LogP contribution in [0.1, 0.15) is 16.1 Å². The Bertz CT molecular complexity index is 1380. The van der Waals surface area contributed by atoms with E-state index in [0.29, 0.717) is 11.5 Å². The second kappa shape index (κ2) is 7.23. The number of esters is 1. The van der Waals surface area contributed by atoms with Crippen molar-refractivity contribution in [3.05, 3.63) is 72.2 Å². The zero-order chi connectivity index (χ0) is 21.7. The second-order valence-electron chi connectivity index (χ2n) is 7.67. The van der Waals surface area contributed by atoms with Gasteiger partial charge in [-0.1, -0.05) is 6.07 Å². The van der Waals surface area contributed by atoms with E-state index in [1.54, 1.807) is 31.5 Å². The van der Waals surface area contributed by atoms with Crippen molar-refractivity contribution in [2.75, 3.05) is 13.9 Å². The number of methoxy groups -OCH3 is 1. The van der Waals surface area contributed by atoms with E-state index in [2.05, 4.69) is 21.7 Å². The molecule has 4 aromatic rings. The lowest BCUT2D eigenvalue weighted by atomic mass is 9.95. The maximum atomic E-state index is 12.7. The fourth-order valence-electron chi connectivity index (χ4n) is 4.29. The summed E-state index contributed by atoms with van der Waals surface area (Å²) in [6.45, 7) is 1.05. The number of benzene rings is 2. The van der Waals surface area contributed by atoms with E-state index < -0.39 is 5.97 Å². The van der Waals surface area contributed by atoms with E-state index in [9.17, 15) is 4.79 Å². The van der Waals surface area contributed by atoms with Crippen LogP contribution in [0.25, 0.3) is 22.0 Å². The molecule has 7 nitrogen and oxygen atoms in total. The molecule has 7 heteroatoms. The second-order valence-corrected chi connectivity index (χ2v) is 7.67. The number of hydrogen-bond donors (Lipinski definition) is 0. The molecular formula is C25H19N2O5+. The van der Waals surface area contributed by atoms with Crippen LogP contribution in [0, 0.1) is 0 Å². The van der Waals surface area contributed by atoms with Gasteiger partial charge in [-0.15, -0.1) is 0 Å². The first-order valence-electron chi connectivity index (χ1n) is 10.3. The highest BCUT2D eigenvalue weighted by Crippen LogP contribution is 2.41. The molecule has 32 heavy (non-hydrogen) atoms. The van der Waals surface area contributed by atoms with Gasteiger partial charge in [0.1, 0.15) is 5.69 Å². The van der Waals surface area contributed by atoms with Gasteiger partial charge in [0.2, 0.25) is 12.5 Å². The number of fused-ring (bicyclic) bond motifs is 5. The molecule has 2 aromatic heterocycles. The zero-order valence-corrected chi connectivity index (χ0v) is 17.3. The molecule has 0 atom stereocenters. The van der Waals surface area contributed by atoms with Crippen molar-refractivity contribution in [2.45, 2.75) is 13.0 Å². The number of aromatic nitrogens is 2. The van der Waals surface area contributed by atoms with E-state index in [1.807, 2.05) is 24.4 Å². The van der Waals surface area contributed by atoms with Crippen molar-refractivity contribution >= 4 is 16.7 Å². The minimum absolute atomic E-state index is 0.238. The average molecular weight is 427 g/mol. The van der Waals surface area contributed by atoms with Gasteiger partial charge in [-0.2, -0.15) is 4.57 Å². The van der Waals surface area contributed by atoms with Gasteiger partial charge >= 0.3 is 5.97 Å². The quantitative estimate of drug-likeness (QED) is 0.282. The topological polar surface area (TPSA) is 70.8 Å². The van der Waals surface area contributed by atoms with Crippen molar-refractivity contribution < 1.29 is 28.3 Å². The molecule has 0 radical (unpaired) electrons. The van der Waals surface area contributed by atoms with E-state index >= 15 is 0 Å². The first-order chi connectivity index (χ1) is 15.7. The van der Waals surface area contributed by atoms with Gasteiger partial charge < -0.3 is 18.9 Å². The molecule has 0 saturated carbocycles. The standard InChI is InChI=1S/C25H19N2O5/c1-29-21-6-5-15-10-20-17-12-23-22(30-14-31-23)11-16(17)7-9-27(20)13-18(15)24(21)32-25(28)19-4-2-3-8-26-19/h2-6,8,10-13H,7,9,14H2,1H3/q+1. The highest BCUT2D eigenvalue weighted by Gasteiger charge is 2.29. The smallest absolute Gasteiger partial charge is 0.362 e. The predicted molar refractivity (Wildman–Crippen MR) is 115 cm³/mol. The van der Waals surface area contributed by atoms with Crippen molar-refractivity contribution in [3.63, 3.8) is 0 Å². The summed E-state index contributed by atoms with van der Waals surface area (Å²) in [6, 6.07) is 15.1. The molecule has 6 rings (SSSR count). The van der Waals surface area contributed by atoms with Crippen LogP contribution in [0.15, 0.2) is 60.9 Å². The monoisotopic (exact) mass is 427 g/mol. The van der Waals surface area contributed by atoms with Crippen LogP contribution in [-0.2, 0) is 13.0 Å². The highest BCUT2D eigenvalue weighted by molar-refractivity contribution is 5.96. The summed E-state index contributed by atoms with van der Waals surface area (Å²) in [7, 11) is 1.56. The van der Waals surface area contributed by atoms with Crippen LogP contribution in [-0.4, -0.2) is 24.9 Å². The molecule has 0 bridgehead atoms. The minimum Gasteiger partial charge on any atom is -0.493 e. The summed E-state index contributed by atoms with van der Waals surface area (Å²) in [6.07, 6.45) is 4.44. The van der Waals surface area contributed by atoms with Crippen LogP contribution in [0.2, 0.25) is 0 Å². The molecule has 0 aliphatic carbocycles. The minimum atomic E-state index is -0.530. The molecule has 0 saturated heterocycles. The number of nitrogens with zero attached hydrogens (tertiary/aromatic N) is 2. The van der Waals surface area contributed by atoms with Crippen LogP contribution < -0.4 is 23.5 Å². The van der Waals surface area contributed by atoms with Gasteiger partial charge in [0, 0.05) is 18.7 Å². The van der Waals surface area contributed by atoms with Crippen LogP contribution in [0.3, 0.4) is 0 Å². The summed E-state index contributed by atoms with van der Waals surface area (Å²) in [5.41, 5.74) is 3.65. The first kappa shape index (κ1) is 18.6. The molecule has 0 amide bonds. The van der Waals surface area contributed by atoms with Crippen LogP contribution in [0.4, 0.5) is 0 Å². The van der Waals surface area contributed by atoms with Crippen molar-refractivity contribution in [3.8, 4) is 34.3 Å². The Labute approximate surface area is 183 Å². The van der Waals surface area contributed by atoms with Crippen LogP contribution >= 0.6 is 0 Å². The van der Waals surface area contributed by atoms with E-state index in [0.717, 1.165) is 46.5 Å². The number of carbonyl (C=O) groups is 1. The average Bonchev–Trinajstić information content (AvgIpc) is 3.30. The van der Waals surface area contributed by atoms with E-state index in [1.165, 1.54) is 5.56 Å². The van der Waals surface area contributed by atoms with E-state index in [4.69, 9.17) is 18.9 Å². The predicted octanol–water partition coefficient (Wildman–Crippen LogP) is 3.70. The molecule has 2 aliphatic heterocycles. The molecule has 2 aliphatic rings. The molecule has 158 valence electrons. The summed E-state index contributed by atoms with van der Waals surface area (Å²) < 4.78 is 24.6. The highest BCUT2D eigenvalue weighted by atomic mass is 16.7. The maximum absolute atomic E-state index is 12.7. The van der Waals surface area contributed by atoms with Gasteiger partial charge in [0.15, 0.2) is 35.7 Å². The maximum Gasteiger partial charge on any atom is 0.362 e. The van der Waals surface area contributed by atoms with Crippen molar-refractivity contribution in [1.82, 2.24) is 4.98 Å². The fraction of sp³-hybridized carbons (Fsp3) is 0.160. The van der Waals surface area contributed by atoms with Crippen molar-refractivity contribution in [1.29, 1.82) is 0 Å². The number of aryl methyl sites for hydroxylation is 2. The Morgan fingerprint density at radius 2 is 1.97 bits per heavy atom. The fourth-order valence-corrected chi connectivity index (χ4v) is 4.29. The third kappa shape index (κ3) is 2.93. The molecular weight excluding hydrogens is 408 g/mol.